The minimum atomic E-state index is -0.854. The molecule has 0 aromatic rings. The summed E-state index contributed by atoms with van der Waals surface area (Å²) in [6, 6.07) is 0. The van der Waals surface area contributed by atoms with Gasteiger partial charge in [0.2, 0.25) is 0 Å². The molecule has 3 atom stereocenters. The number of carbonyl (C=O) groups is 2. The molecular formula is C10H16O3. The lowest BCUT2D eigenvalue weighted by Crippen LogP contribution is -2.32. The van der Waals surface area contributed by atoms with E-state index in [-0.39, 0.29) is 11.7 Å². The summed E-state index contributed by atoms with van der Waals surface area (Å²) in [4.78, 5) is 22.2. The summed E-state index contributed by atoms with van der Waals surface area (Å²) in [7, 11) is 0. The summed E-state index contributed by atoms with van der Waals surface area (Å²) in [6.45, 7) is 3.67. The summed E-state index contributed by atoms with van der Waals surface area (Å²) >= 11 is 0. The van der Waals surface area contributed by atoms with Crippen molar-refractivity contribution in [2.45, 2.75) is 33.1 Å². The molecule has 1 N–H and O–H groups in total. The Kier molecular flexibility index (Phi) is 3.07. The number of aliphatic carboxylic acids is 1. The maximum atomic E-state index is 11.5. The summed E-state index contributed by atoms with van der Waals surface area (Å²) in [5, 5.41) is 8.77. The molecule has 1 rings (SSSR count). The van der Waals surface area contributed by atoms with Crippen molar-refractivity contribution in [3.8, 4) is 0 Å². The van der Waals surface area contributed by atoms with Gasteiger partial charge in [0.15, 0.2) is 0 Å². The van der Waals surface area contributed by atoms with E-state index in [0.29, 0.717) is 12.3 Å². The van der Waals surface area contributed by atoms with Crippen LogP contribution in [0.15, 0.2) is 0 Å². The third-order valence-electron chi connectivity index (χ3n) is 2.93. The lowest BCUT2D eigenvalue weighted by Gasteiger charge is -2.27. The molecule has 0 aliphatic heterocycles. The van der Waals surface area contributed by atoms with E-state index in [1.54, 1.807) is 6.92 Å². The molecule has 0 aromatic heterocycles. The SMILES string of the molecule is C[C@H]1CCC([C@H](C)C(=O)O)C(=O)C1. The zero-order chi connectivity index (χ0) is 10.0. The zero-order valence-electron chi connectivity index (χ0n) is 8.12. The highest BCUT2D eigenvalue weighted by molar-refractivity contribution is 5.86. The highest BCUT2D eigenvalue weighted by atomic mass is 16.4. The molecule has 3 nitrogen and oxygen atoms in total. The summed E-state index contributed by atoms with van der Waals surface area (Å²) in [5.41, 5.74) is 0. The number of hydrogen-bond donors (Lipinski definition) is 1. The van der Waals surface area contributed by atoms with Crippen molar-refractivity contribution in [1.29, 1.82) is 0 Å². The van der Waals surface area contributed by atoms with Gasteiger partial charge < -0.3 is 5.11 Å². The monoisotopic (exact) mass is 184 g/mol. The van der Waals surface area contributed by atoms with E-state index in [2.05, 4.69) is 0 Å². The van der Waals surface area contributed by atoms with Crippen LogP contribution in [0.3, 0.4) is 0 Å². The lowest BCUT2D eigenvalue weighted by molar-refractivity contribution is -0.147. The first-order valence-electron chi connectivity index (χ1n) is 4.78. The van der Waals surface area contributed by atoms with Crippen LogP contribution >= 0.6 is 0 Å². The van der Waals surface area contributed by atoms with Gasteiger partial charge in [0.25, 0.3) is 0 Å². The maximum Gasteiger partial charge on any atom is 0.306 e. The van der Waals surface area contributed by atoms with Gasteiger partial charge in [-0.05, 0) is 18.8 Å². The smallest absolute Gasteiger partial charge is 0.306 e. The summed E-state index contributed by atoms with van der Waals surface area (Å²) < 4.78 is 0. The van der Waals surface area contributed by atoms with Crippen LogP contribution in [0.25, 0.3) is 0 Å². The molecule has 1 fully saturated rings. The molecule has 0 heterocycles. The average molecular weight is 184 g/mol. The second-order valence-corrected chi connectivity index (χ2v) is 4.09. The second-order valence-electron chi connectivity index (χ2n) is 4.09. The zero-order valence-corrected chi connectivity index (χ0v) is 8.12. The van der Waals surface area contributed by atoms with E-state index >= 15 is 0 Å². The number of carbonyl (C=O) groups excluding carboxylic acids is 1. The topological polar surface area (TPSA) is 54.4 Å². The van der Waals surface area contributed by atoms with E-state index in [9.17, 15) is 9.59 Å². The fourth-order valence-corrected chi connectivity index (χ4v) is 1.92. The minimum absolute atomic E-state index is 0.133. The third kappa shape index (κ3) is 2.29. The fraction of sp³-hybridized carbons (Fsp3) is 0.800. The van der Waals surface area contributed by atoms with Crippen molar-refractivity contribution in [3.63, 3.8) is 0 Å². The molecule has 0 bridgehead atoms. The molecule has 1 unspecified atom stereocenters. The normalized spacial score (nSPS) is 31.4. The van der Waals surface area contributed by atoms with Crippen LogP contribution < -0.4 is 0 Å². The largest absolute Gasteiger partial charge is 0.481 e. The van der Waals surface area contributed by atoms with Crippen molar-refractivity contribution in [2.75, 3.05) is 0 Å². The van der Waals surface area contributed by atoms with Crippen molar-refractivity contribution in [1.82, 2.24) is 0 Å². The molecule has 0 radical (unpaired) electrons. The van der Waals surface area contributed by atoms with Crippen LogP contribution in [0, 0.1) is 17.8 Å². The summed E-state index contributed by atoms with van der Waals surface area (Å²) in [6.07, 6.45) is 2.28. The lowest BCUT2D eigenvalue weighted by atomic mass is 9.76. The molecule has 0 spiro atoms. The van der Waals surface area contributed by atoms with Gasteiger partial charge >= 0.3 is 5.97 Å². The number of Topliss-reactive ketones (excluding diaryl/α,β-unsaturated/α-hetero) is 1. The van der Waals surface area contributed by atoms with Crippen LogP contribution in [0.1, 0.15) is 33.1 Å². The highest BCUT2D eigenvalue weighted by Gasteiger charge is 2.33. The van der Waals surface area contributed by atoms with E-state index in [4.69, 9.17) is 5.11 Å². The summed E-state index contributed by atoms with van der Waals surface area (Å²) in [5.74, 6) is -1.04. The molecule has 0 saturated heterocycles. The Morgan fingerprint density at radius 3 is 2.62 bits per heavy atom. The van der Waals surface area contributed by atoms with Gasteiger partial charge in [-0.3, -0.25) is 9.59 Å². The Morgan fingerprint density at radius 2 is 2.15 bits per heavy atom. The van der Waals surface area contributed by atoms with Gasteiger partial charge in [-0.1, -0.05) is 13.8 Å². The van der Waals surface area contributed by atoms with Crippen molar-refractivity contribution in [3.05, 3.63) is 0 Å². The predicted molar refractivity (Wildman–Crippen MR) is 48.3 cm³/mol. The molecule has 1 aliphatic rings. The van der Waals surface area contributed by atoms with Gasteiger partial charge in [0, 0.05) is 12.3 Å². The Bertz CT molecular complexity index is 222. The van der Waals surface area contributed by atoms with Crippen LogP contribution in [-0.2, 0) is 9.59 Å². The number of carboxylic acid groups (broad SMARTS) is 1. The van der Waals surface area contributed by atoms with Crippen LogP contribution in [0.4, 0.5) is 0 Å². The van der Waals surface area contributed by atoms with Crippen LogP contribution in [0.2, 0.25) is 0 Å². The van der Waals surface area contributed by atoms with Gasteiger partial charge in [-0.2, -0.15) is 0 Å². The van der Waals surface area contributed by atoms with Crippen molar-refractivity contribution >= 4 is 11.8 Å². The van der Waals surface area contributed by atoms with E-state index < -0.39 is 11.9 Å². The Hall–Kier alpha value is -0.860. The van der Waals surface area contributed by atoms with Gasteiger partial charge in [0.1, 0.15) is 5.78 Å². The highest BCUT2D eigenvalue weighted by Crippen LogP contribution is 2.30. The second kappa shape index (κ2) is 3.90. The van der Waals surface area contributed by atoms with Gasteiger partial charge in [0.05, 0.1) is 5.92 Å². The number of carboxylic acids is 1. The van der Waals surface area contributed by atoms with Crippen molar-refractivity contribution in [2.24, 2.45) is 17.8 Å². The number of rotatable bonds is 2. The molecular weight excluding hydrogens is 168 g/mol. The van der Waals surface area contributed by atoms with Crippen LogP contribution in [-0.4, -0.2) is 16.9 Å². The first kappa shape index (κ1) is 10.2. The Morgan fingerprint density at radius 1 is 1.54 bits per heavy atom. The van der Waals surface area contributed by atoms with Crippen molar-refractivity contribution < 1.29 is 14.7 Å². The average Bonchev–Trinajstić information content (AvgIpc) is 2.03. The van der Waals surface area contributed by atoms with E-state index in [0.717, 1.165) is 12.8 Å². The Labute approximate surface area is 78.1 Å². The molecule has 74 valence electrons. The standard InChI is InChI=1S/C10H16O3/c1-6-3-4-8(9(11)5-6)7(2)10(12)13/h6-8H,3-5H2,1-2H3,(H,12,13)/t6-,7-,8?/m0/s1. The van der Waals surface area contributed by atoms with E-state index in [1.165, 1.54) is 0 Å². The molecule has 3 heteroatoms. The molecule has 1 aliphatic carbocycles. The van der Waals surface area contributed by atoms with E-state index in [1.807, 2.05) is 6.92 Å². The first-order valence-corrected chi connectivity index (χ1v) is 4.78. The molecule has 1 saturated carbocycles. The number of ketones is 1. The molecule has 0 amide bonds. The van der Waals surface area contributed by atoms with Gasteiger partial charge in [-0.25, -0.2) is 0 Å². The maximum absolute atomic E-state index is 11.5. The van der Waals surface area contributed by atoms with Crippen LogP contribution in [0.5, 0.6) is 0 Å². The predicted octanol–water partition coefficient (Wildman–Crippen LogP) is 1.71. The molecule has 13 heavy (non-hydrogen) atoms. The number of hydrogen-bond acceptors (Lipinski definition) is 2. The quantitative estimate of drug-likeness (QED) is 0.710. The third-order valence-corrected chi connectivity index (χ3v) is 2.93. The first-order chi connectivity index (χ1) is 6.02. The minimum Gasteiger partial charge on any atom is -0.481 e. The fourth-order valence-electron chi connectivity index (χ4n) is 1.92. The van der Waals surface area contributed by atoms with Gasteiger partial charge in [-0.15, -0.1) is 0 Å². The Balaban J connectivity index is 2.61. The molecule has 0 aromatic carbocycles.